The van der Waals surface area contributed by atoms with E-state index in [0.717, 1.165) is 31.6 Å². The molecule has 16 heavy (non-hydrogen) atoms. The average Bonchev–Trinajstić information content (AvgIpc) is 2.75. The summed E-state index contributed by atoms with van der Waals surface area (Å²) in [6, 6.07) is 7.58. The van der Waals surface area contributed by atoms with E-state index >= 15 is 0 Å². The third kappa shape index (κ3) is 1.52. The molecule has 3 rings (SSSR count). The fraction of sp³-hybridized carbons (Fsp3) is 0.385. The highest BCUT2D eigenvalue weighted by molar-refractivity contribution is 5.80. The number of benzene rings is 1. The number of rotatable bonds is 1. The highest BCUT2D eigenvalue weighted by Crippen LogP contribution is 2.27. The van der Waals surface area contributed by atoms with Crippen molar-refractivity contribution in [1.82, 2.24) is 4.57 Å². The van der Waals surface area contributed by atoms with Crippen molar-refractivity contribution in [3.05, 3.63) is 36.3 Å². The molecule has 1 aliphatic heterocycles. The van der Waals surface area contributed by atoms with Crippen molar-refractivity contribution in [1.29, 1.82) is 0 Å². The SMILES string of the molecule is Fc1cccc2c1ccn2C1CCOCC1. The van der Waals surface area contributed by atoms with E-state index in [2.05, 4.69) is 4.57 Å². The predicted octanol–water partition coefficient (Wildman–Crippen LogP) is 3.13. The van der Waals surface area contributed by atoms with Crippen LogP contribution in [-0.2, 0) is 4.74 Å². The van der Waals surface area contributed by atoms with Crippen LogP contribution in [0.3, 0.4) is 0 Å². The Bertz CT molecular complexity index is 500. The summed E-state index contributed by atoms with van der Waals surface area (Å²) in [6.45, 7) is 1.61. The zero-order valence-electron chi connectivity index (χ0n) is 9.03. The predicted molar refractivity (Wildman–Crippen MR) is 61.0 cm³/mol. The summed E-state index contributed by atoms with van der Waals surface area (Å²) in [5.74, 6) is -0.136. The van der Waals surface area contributed by atoms with Crippen LogP contribution in [0.4, 0.5) is 4.39 Å². The van der Waals surface area contributed by atoms with Gasteiger partial charge in [-0.2, -0.15) is 0 Å². The Balaban J connectivity index is 2.06. The molecular formula is C13H14FNO. The molecule has 2 heterocycles. The van der Waals surface area contributed by atoms with Gasteiger partial charge in [-0.1, -0.05) is 6.07 Å². The van der Waals surface area contributed by atoms with Crippen LogP contribution in [0.1, 0.15) is 18.9 Å². The van der Waals surface area contributed by atoms with Crippen LogP contribution in [-0.4, -0.2) is 17.8 Å². The second kappa shape index (κ2) is 3.91. The van der Waals surface area contributed by atoms with Crippen molar-refractivity contribution < 1.29 is 9.13 Å². The maximum absolute atomic E-state index is 13.5. The molecule has 0 radical (unpaired) electrons. The molecule has 0 saturated carbocycles. The Labute approximate surface area is 93.6 Å². The van der Waals surface area contributed by atoms with Gasteiger partial charge in [-0.15, -0.1) is 0 Å². The van der Waals surface area contributed by atoms with Crippen LogP contribution >= 0.6 is 0 Å². The molecule has 0 aliphatic carbocycles. The Morgan fingerprint density at radius 2 is 2.00 bits per heavy atom. The lowest BCUT2D eigenvalue weighted by molar-refractivity contribution is 0.0707. The van der Waals surface area contributed by atoms with Gasteiger partial charge in [0.2, 0.25) is 0 Å². The molecule has 2 aromatic rings. The van der Waals surface area contributed by atoms with Gasteiger partial charge in [0.25, 0.3) is 0 Å². The van der Waals surface area contributed by atoms with E-state index in [1.165, 1.54) is 6.07 Å². The van der Waals surface area contributed by atoms with Crippen LogP contribution in [0.15, 0.2) is 30.5 Å². The molecule has 0 amide bonds. The topological polar surface area (TPSA) is 14.2 Å². The first-order valence-corrected chi connectivity index (χ1v) is 5.69. The normalized spacial score (nSPS) is 18.1. The van der Waals surface area contributed by atoms with E-state index in [9.17, 15) is 4.39 Å². The van der Waals surface area contributed by atoms with Gasteiger partial charge in [0.1, 0.15) is 5.82 Å². The molecule has 0 spiro atoms. The van der Waals surface area contributed by atoms with Gasteiger partial charge in [0.05, 0.1) is 5.52 Å². The van der Waals surface area contributed by atoms with Crippen LogP contribution < -0.4 is 0 Å². The molecule has 0 unspecified atom stereocenters. The third-order valence-corrected chi connectivity index (χ3v) is 3.29. The van der Waals surface area contributed by atoms with E-state index in [1.807, 2.05) is 18.3 Å². The minimum Gasteiger partial charge on any atom is -0.381 e. The van der Waals surface area contributed by atoms with Crippen molar-refractivity contribution in [2.45, 2.75) is 18.9 Å². The molecule has 0 N–H and O–H groups in total. The number of halogens is 1. The number of hydrogen-bond donors (Lipinski definition) is 0. The molecule has 0 bridgehead atoms. The van der Waals surface area contributed by atoms with Crippen LogP contribution in [0, 0.1) is 5.82 Å². The van der Waals surface area contributed by atoms with Gasteiger partial charge in [0, 0.05) is 30.8 Å². The lowest BCUT2D eigenvalue weighted by atomic mass is 10.1. The Morgan fingerprint density at radius 3 is 2.81 bits per heavy atom. The lowest BCUT2D eigenvalue weighted by Crippen LogP contribution is -2.18. The minimum atomic E-state index is -0.136. The van der Waals surface area contributed by atoms with Gasteiger partial charge in [-0.05, 0) is 31.0 Å². The molecule has 3 heteroatoms. The summed E-state index contributed by atoms with van der Waals surface area (Å²) in [7, 11) is 0. The molecule has 1 aromatic carbocycles. The van der Waals surface area contributed by atoms with E-state index < -0.39 is 0 Å². The molecule has 1 fully saturated rings. The summed E-state index contributed by atoms with van der Waals surface area (Å²) in [4.78, 5) is 0. The van der Waals surface area contributed by atoms with Crippen molar-refractivity contribution in [3.8, 4) is 0 Å². The standard InChI is InChI=1S/C13H14FNO/c14-12-2-1-3-13-11(12)4-7-15(13)10-5-8-16-9-6-10/h1-4,7,10H,5-6,8-9H2. The number of nitrogens with zero attached hydrogens (tertiary/aromatic N) is 1. The largest absolute Gasteiger partial charge is 0.381 e. The molecule has 84 valence electrons. The number of fused-ring (bicyclic) bond motifs is 1. The van der Waals surface area contributed by atoms with Gasteiger partial charge in [-0.3, -0.25) is 0 Å². The first kappa shape index (κ1) is 9.85. The van der Waals surface area contributed by atoms with E-state index in [4.69, 9.17) is 4.74 Å². The maximum Gasteiger partial charge on any atom is 0.132 e. The van der Waals surface area contributed by atoms with E-state index in [1.54, 1.807) is 6.07 Å². The number of hydrogen-bond acceptors (Lipinski definition) is 1. The van der Waals surface area contributed by atoms with Crippen LogP contribution in [0.25, 0.3) is 10.9 Å². The van der Waals surface area contributed by atoms with Gasteiger partial charge in [0.15, 0.2) is 0 Å². The van der Waals surface area contributed by atoms with E-state index in [-0.39, 0.29) is 5.82 Å². The van der Waals surface area contributed by atoms with Crippen molar-refractivity contribution in [2.75, 3.05) is 13.2 Å². The first-order valence-electron chi connectivity index (χ1n) is 5.69. The monoisotopic (exact) mass is 219 g/mol. The fourth-order valence-electron chi connectivity index (χ4n) is 2.43. The van der Waals surface area contributed by atoms with Crippen molar-refractivity contribution in [3.63, 3.8) is 0 Å². The van der Waals surface area contributed by atoms with Crippen molar-refractivity contribution in [2.24, 2.45) is 0 Å². The smallest absolute Gasteiger partial charge is 0.132 e. The average molecular weight is 219 g/mol. The molecular weight excluding hydrogens is 205 g/mol. The second-order valence-corrected chi connectivity index (χ2v) is 4.24. The highest BCUT2D eigenvalue weighted by atomic mass is 19.1. The van der Waals surface area contributed by atoms with Crippen LogP contribution in [0.5, 0.6) is 0 Å². The van der Waals surface area contributed by atoms with Crippen LogP contribution in [0.2, 0.25) is 0 Å². The first-order chi connectivity index (χ1) is 7.86. The zero-order valence-corrected chi connectivity index (χ0v) is 9.03. The third-order valence-electron chi connectivity index (χ3n) is 3.29. The summed E-state index contributed by atoms with van der Waals surface area (Å²) in [5.41, 5.74) is 0.993. The molecule has 1 aliphatic rings. The summed E-state index contributed by atoms with van der Waals surface area (Å²) in [6.07, 6.45) is 4.02. The molecule has 0 atom stereocenters. The minimum absolute atomic E-state index is 0.136. The van der Waals surface area contributed by atoms with Gasteiger partial charge >= 0.3 is 0 Å². The molecule has 1 aromatic heterocycles. The quantitative estimate of drug-likeness (QED) is 0.718. The summed E-state index contributed by atoms with van der Waals surface area (Å²) >= 11 is 0. The fourth-order valence-corrected chi connectivity index (χ4v) is 2.43. The number of ether oxygens (including phenoxy) is 1. The Morgan fingerprint density at radius 1 is 1.19 bits per heavy atom. The second-order valence-electron chi connectivity index (χ2n) is 4.24. The van der Waals surface area contributed by atoms with E-state index in [0.29, 0.717) is 11.4 Å². The summed E-state index contributed by atoms with van der Waals surface area (Å²) in [5, 5.41) is 0.717. The molecule has 2 nitrogen and oxygen atoms in total. The molecule has 1 saturated heterocycles. The maximum atomic E-state index is 13.5. The lowest BCUT2D eigenvalue weighted by Gasteiger charge is -2.24. The Kier molecular flexibility index (Phi) is 2.40. The summed E-state index contributed by atoms with van der Waals surface area (Å²) < 4.78 is 21.1. The zero-order chi connectivity index (χ0) is 11.0. The highest BCUT2D eigenvalue weighted by Gasteiger charge is 2.17. The van der Waals surface area contributed by atoms with Crippen molar-refractivity contribution >= 4 is 10.9 Å². The Hall–Kier alpha value is -1.35. The van der Waals surface area contributed by atoms with Gasteiger partial charge < -0.3 is 9.30 Å². The number of aromatic nitrogens is 1. The van der Waals surface area contributed by atoms with Gasteiger partial charge in [-0.25, -0.2) is 4.39 Å².